The first-order valence-electron chi connectivity index (χ1n) is 11.8. The van der Waals surface area contributed by atoms with Crippen LogP contribution in [0.5, 0.6) is 0 Å². The quantitative estimate of drug-likeness (QED) is 0.660. The zero-order valence-electron chi connectivity index (χ0n) is 18.4. The normalized spacial score (nSPS) is 20.9. The number of hydrogen-bond donors (Lipinski definition) is 1. The number of nitrogens with two attached hydrogens (primary N) is 1. The third kappa shape index (κ3) is 5.50. The van der Waals surface area contributed by atoms with Gasteiger partial charge in [-0.15, -0.1) is 0 Å². The number of hydrogen-bond acceptors (Lipinski definition) is 3. The summed E-state index contributed by atoms with van der Waals surface area (Å²) in [6.07, 6.45) is 16.6. The number of halogens is 1. The zero-order valence-corrected chi connectivity index (χ0v) is 19.1. The van der Waals surface area contributed by atoms with Gasteiger partial charge in [0.2, 0.25) is 5.91 Å². The largest absolute Gasteiger partial charge is 0.341 e. The molecule has 4 rings (SSSR count). The van der Waals surface area contributed by atoms with Crippen LogP contribution < -0.4 is 5.73 Å². The molecule has 1 aromatic carbocycles. The third-order valence-electron chi connectivity index (χ3n) is 7.53. The van der Waals surface area contributed by atoms with Crippen molar-refractivity contribution in [2.24, 2.45) is 17.1 Å². The fraction of sp³-hybridized carbons (Fsp3) is 0.600. The standard InChI is InChI=1S/C25H35ClN4O/c26-22-9-7-20(8-10-22)17-23(27)24(31)30-14-11-25(12-15-30,18-29-16-13-28-19-29)21-5-3-1-2-4-6-21/h7-10,13,16,19,21,23H,1-6,11-12,14-15,17-18,27H2. The molecule has 2 aliphatic rings. The second kappa shape index (κ2) is 10.2. The van der Waals surface area contributed by atoms with Crippen LogP contribution in [0.15, 0.2) is 43.0 Å². The van der Waals surface area contributed by atoms with Crippen molar-refractivity contribution in [1.82, 2.24) is 14.5 Å². The number of aromatic nitrogens is 2. The number of carbonyl (C=O) groups excluding carboxylic acids is 1. The highest BCUT2D eigenvalue weighted by molar-refractivity contribution is 6.30. The number of rotatable bonds is 6. The summed E-state index contributed by atoms with van der Waals surface area (Å²) in [5.41, 5.74) is 7.63. The van der Waals surface area contributed by atoms with Gasteiger partial charge in [0, 0.05) is 37.1 Å². The molecule has 1 aliphatic carbocycles. The lowest BCUT2D eigenvalue weighted by Gasteiger charge is -2.47. The highest BCUT2D eigenvalue weighted by Crippen LogP contribution is 2.46. The van der Waals surface area contributed by atoms with Crippen molar-refractivity contribution in [2.75, 3.05) is 13.1 Å². The van der Waals surface area contributed by atoms with Crippen molar-refractivity contribution in [2.45, 2.75) is 70.4 Å². The van der Waals surface area contributed by atoms with Crippen molar-refractivity contribution < 1.29 is 4.79 Å². The molecule has 0 bridgehead atoms. The van der Waals surface area contributed by atoms with Crippen LogP contribution >= 0.6 is 11.6 Å². The fourth-order valence-corrected chi connectivity index (χ4v) is 5.83. The van der Waals surface area contributed by atoms with Crippen LogP contribution in [-0.4, -0.2) is 39.5 Å². The summed E-state index contributed by atoms with van der Waals surface area (Å²) in [4.78, 5) is 19.4. The maximum atomic E-state index is 13.1. The minimum atomic E-state index is -0.500. The van der Waals surface area contributed by atoms with E-state index in [1.165, 1.54) is 38.5 Å². The first kappa shape index (κ1) is 22.3. The lowest BCUT2D eigenvalue weighted by molar-refractivity contribution is -0.136. The molecule has 6 heteroatoms. The predicted molar refractivity (Wildman–Crippen MR) is 125 cm³/mol. The predicted octanol–water partition coefficient (Wildman–Crippen LogP) is 4.69. The van der Waals surface area contributed by atoms with Gasteiger partial charge < -0.3 is 15.2 Å². The van der Waals surface area contributed by atoms with Crippen LogP contribution in [0.4, 0.5) is 0 Å². The van der Waals surface area contributed by atoms with Gasteiger partial charge in [-0.1, -0.05) is 49.4 Å². The smallest absolute Gasteiger partial charge is 0.239 e. The lowest BCUT2D eigenvalue weighted by Crippen LogP contribution is -2.52. The lowest BCUT2D eigenvalue weighted by atomic mass is 9.65. The molecule has 1 saturated carbocycles. The van der Waals surface area contributed by atoms with Crippen LogP contribution in [0.2, 0.25) is 5.02 Å². The summed E-state index contributed by atoms with van der Waals surface area (Å²) in [5.74, 6) is 0.810. The minimum absolute atomic E-state index is 0.0760. The summed E-state index contributed by atoms with van der Waals surface area (Å²) >= 11 is 5.97. The molecular weight excluding hydrogens is 408 g/mol. The molecule has 2 fully saturated rings. The van der Waals surface area contributed by atoms with E-state index in [1.54, 1.807) is 0 Å². The van der Waals surface area contributed by atoms with E-state index < -0.39 is 6.04 Å². The van der Waals surface area contributed by atoms with E-state index in [0.717, 1.165) is 44.0 Å². The number of imidazole rings is 1. The molecule has 0 radical (unpaired) electrons. The molecule has 31 heavy (non-hydrogen) atoms. The van der Waals surface area contributed by atoms with E-state index in [2.05, 4.69) is 15.7 Å². The molecule has 1 atom stereocenters. The van der Waals surface area contributed by atoms with Crippen molar-refractivity contribution in [3.8, 4) is 0 Å². The van der Waals surface area contributed by atoms with Gasteiger partial charge in [-0.3, -0.25) is 4.79 Å². The molecule has 1 unspecified atom stereocenters. The van der Waals surface area contributed by atoms with E-state index in [1.807, 2.05) is 41.7 Å². The van der Waals surface area contributed by atoms with Crippen molar-refractivity contribution in [1.29, 1.82) is 0 Å². The van der Waals surface area contributed by atoms with Gasteiger partial charge in [-0.25, -0.2) is 4.98 Å². The van der Waals surface area contributed by atoms with Gasteiger partial charge in [-0.2, -0.15) is 0 Å². The number of nitrogens with zero attached hydrogens (tertiary/aromatic N) is 3. The SMILES string of the molecule is NC(Cc1ccc(Cl)cc1)C(=O)N1CCC(Cn2ccnc2)(C2CCCCCC2)CC1. The van der Waals surface area contributed by atoms with E-state index in [-0.39, 0.29) is 11.3 Å². The van der Waals surface area contributed by atoms with Gasteiger partial charge in [0.15, 0.2) is 0 Å². The molecule has 1 aromatic heterocycles. The maximum Gasteiger partial charge on any atom is 0.239 e. The Hall–Kier alpha value is -1.85. The Bertz CT molecular complexity index is 820. The van der Waals surface area contributed by atoms with E-state index in [4.69, 9.17) is 17.3 Å². The molecule has 2 N–H and O–H groups in total. The second-order valence-corrected chi connectivity index (χ2v) is 9.98. The average Bonchev–Trinajstić information content (AvgIpc) is 3.13. The van der Waals surface area contributed by atoms with Crippen molar-refractivity contribution in [3.05, 3.63) is 53.6 Å². The van der Waals surface area contributed by atoms with Gasteiger partial charge in [0.05, 0.1) is 12.4 Å². The summed E-state index contributed by atoms with van der Waals surface area (Å²) in [5, 5.41) is 0.701. The van der Waals surface area contributed by atoms with Gasteiger partial charge in [-0.05, 0) is 61.1 Å². The molecular formula is C25H35ClN4O. The van der Waals surface area contributed by atoms with Crippen LogP contribution in [0, 0.1) is 11.3 Å². The molecule has 1 aliphatic heterocycles. The summed E-state index contributed by atoms with van der Waals surface area (Å²) in [7, 11) is 0. The Morgan fingerprint density at radius 2 is 1.81 bits per heavy atom. The molecule has 1 amide bonds. The number of amides is 1. The monoisotopic (exact) mass is 442 g/mol. The molecule has 5 nitrogen and oxygen atoms in total. The van der Waals surface area contributed by atoms with Gasteiger partial charge in [0.1, 0.15) is 0 Å². The van der Waals surface area contributed by atoms with Crippen molar-refractivity contribution >= 4 is 17.5 Å². The van der Waals surface area contributed by atoms with E-state index >= 15 is 0 Å². The number of piperidine rings is 1. The van der Waals surface area contributed by atoms with E-state index in [0.29, 0.717) is 11.4 Å². The van der Waals surface area contributed by atoms with Crippen LogP contribution in [0.1, 0.15) is 56.9 Å². The molecule has 168 valence electrons. The Morgan fingerprint density at radius 1 is 1.13 bits per heavy atom. The number of likely N-dealkylation sites (tertiary alicyclic amines) is 1. The Morgan fingerprint density at radius 3 is 2.42 bits per heavy atom. The second-order valence-electron chi connectivity index (χ2n) is 9.55. The van der Waals surface area contributed by atoms with Gasteiger partial charge in [0.25, 0.3) is 0 Å². The Kier molecular flexibility index (Phi) is 7.34. The fourth-order valence-electron chi connectivity index (χ4n) is 5.70. The molecule has 2 aromatic rings. The number of carbonyl (C=O) groups is 1. The Balaban J connectivity index is 1.41. The minimum Gasteiger partial charge on any atom is -0.341 e. The van der Waals surface area contributed by atoms with Crippen LogP contribution in [0.3, 0.4) is 0 Å². The zero-order chi connectivity index (χ0) is 21.7. The van der Waals surface area contributed by atoms with Crippen LogP contribution in [0.25, 0.3) is 0 Å². The molecule has 1 saturated heterocycles. The Labute approximate surface area is 191 Å². The van der Waals surface area contributed by atoms with Gasteiger partial charge >= 0.3 is 0 Å². The highest BCUT2D eigenvalue weighted by atomic mass is 35.5. The topological polar surface area (TPSA) is 64.2 Å². The summed E-state index contributed by atoms with van der Waals surface area (Å²) < 4.78 is 2.24. The van der Waals surface area contributed by atoms with Crippen molar-refractivity contribution in [3.63, 3.8) is 0 Å². The first-order chi connectivity index (χ1) is 15.1. The van der Waals surface area contributed by atoms with E-state index in [9.17, 15) is 4.79 Å². The highest BCUT2D eigenvalue weighted by Gasteiger charge is 2.42. The summed E-state index contributed by atoms with van der Waals surface area (Å²) in [6, 6.07) is 7.11. The molecule has 0 spiro atoms. The average molecular weight is 443 g/mol. The first-order valence-corrected chi connectivity index (χ1v) is 12.2. The molecule has 2 heterocycles. The van der Waals surface area contributed by atoms with Crippen LogP contribution in [-0.2, 0) is 17.8 Å². The number of benzene rings is 1. The summed E-state index contributed by atoms with van der Waals surface area (Å²) in [6.45, 7) is 2.62. The maximum absolute atomic E-state index is 13.1. The third-order valence-corrected chi connectivity index (χ3v) is 7.79.